The molecule has 148 valence electrons. The van der Waals surface area contributed by atoms with Crippen molar-refractivity contribution < 1.29 is 18.0 Å². The second kappa shape index (κ2) is 7.66. The first kappa shape index (κ1) is 19.9. The van der Waals surface area contributed by atoms with Gasteiger partial charge in [0.1, 0.15) is 0 Å². The average Bonchev–Trinajstić information content (AvgIpc) is 3.01. The molecule has 0 spiro atoms. The van der Waals surface area contributed by atoms with E-state index < -0.39 is 17.6 Å². The van der Waals surface area contributed by atoms with Gasteiger partial charge in [0.15, 0.2) is 5.16 Å². The van der Waals surface area contributed by atoms with Crippen LogP contribution in [0.1, 0.15) is 31.0 Å². The van der Waals surface area contributed by atoms with Gasteiger partial charge in [-0.15, -0.1) is 10.2 Å². The van der Waals surface area contributed by atoms with Crippen LogP contribution in [0.2, 0.25) is 0 Å². The van der Waals surface area contributed by atoms with Crippen LogP contribution in [0.25, 0.3) is 5.78 Å². The molecule has 2 aromatic heterocycles. The Morgan fingerprint density at radius 1 is 1.29 bits per heavy atom. The molecule has 11 heteroatoms. The van der Waals surface area contributed by atoms with Gasteiger partial charge in [-0.25, -0.2) is 0 Å². The molecule has 3 rings (SSSR count). The number of H-pyrrole nitrogens is 1. The van der Waals surface area contributed by atoms with Crippen molar-refractivity contribution in [2.75, 3.05) is 11.1 Å². The quantitative estimate of drug-likeness (QED) is 0.629. The van der Waals surface area contributed by atoms with Crippen LogP contribution in [-0.2, 0) is 11.0 Å². The zero-order valence-electron chi connectivity index (χ0n) is 14.9. The highest BCUT2D eigenvalue weighted by atomic mass is 32.2. The lowest BCUT2D eigenvalue weighted by Gasteiger charge is -2.11. The van der Waals surface area contributed by atoms with Crippen molar-refractivity contribution in [2.45, 2.75) is 31.1 Å². The number of hydrogen-bond donors (Lipinski definition) is 2. The molecule has 0 bridgehead atoms. The van der Waals surface area contributed by atoms with Crippen molar-refractivity contribution in [1.29, 1.82) is 0 Å². The van der Waals surface area contributed by atoms with Crippen LogP contribution in [0, 0.1) is 0 Å². The van der Waals surface area contributed by atoms with Crippen molar-refractivity contribution in [3.8, 4) is 0 Å². The lowest BCUT2D eigenvalue weighted by Crippen LogP contribution is -2.16. The topological polar surface area (TPSA) is 92.2 Å². The van der Waals surface area contributed by atoms with Gasteiger partial charge in [-0.1, -0.05) is 31.7 Å². The molecule has 2 heterocycles. The maximum Gasteiger partial charge on any atom is 0.416 e. The molecule has 3 aromatic rings. The maximum atomic E-state index is 12.8. The third-order valence-electron chi connectivity index (χ3n) is 3.80. The number of halogens is 3. The highest BCUT2D eigenvalue weighted by molar-refractivity contribution is 7.99. The van der Waals surface area contributed by atoms with E-state index in [4.69, 9.17) is 0 Å². The fraction of sp³-hybridized carbons (Fsp3) is 0.294. The molecule has 0 saturated carbocycles. The zero-order chi connectivity index (χ0) is 20.5. The second-order valence-electron chi connectivity index (χ2n) is 6.27. The summed E-state index contributed by atoms with van der Waals surface area (Å²) in [6.07, 6.45) is -4.49. The van der Waals surface area contributed by atoms with Crippen LogP contribution >= 0.6 is 11.8 Å². The molecule has 2 N–H and O–H groups in total. The summed E-state index contributed by atoms with van der Waals surface area (Å²) in [5.74, 6) is -0.305. The smallest absolute Gasteiger partial charge is 0.325 e. The van der Waals surface area contributed by atoms with Gasteiger partial charge in [0, 0.05) is 17.4 Å². The highest BCUT2D eigenvalue weighted by Gasteiger charge is 2.30. The average molecular weight is 411 g/mol. The number of benzene rings is 1. The Kier molecular flexibility index (Phi) is 5.45. The second-order valence-corrected chi connectivity index (χ2v) is 7.21. The monoisotopic (exact) mass is 411 g/mol. The van der Waals surface area contributed by atoms with E-state index in [0.29, 0.717) is 10.9 Å². The zero-order valence-corrected chi connectivity index (χ0v) is 15.7. The molecular formula is C17H16F3N5O2S. The Morgan fingerprint density at radius 3 is 2.71 bits per heavy atom. The van der Waals surface area contributed by atoms with Crippen molar-refractivity contribution >= 4 is 29.1 Å². The summed E-state index contributed by atoms with van der Waals surface area (Å²) in [4.78, 5) is 26.4. The van der Waals surface area contributed by atoms with Gasteiger partial charge in [-0.3, -0.25) is 19.0 Å². The Balaban J connectivity index is 1.74. The maximum absolute atomic E-state index is 12.8. The molecule has 28 heavy (non-hydrogen) atoms. The fourth-order valence-electron chi connectivity index (χ4n) is 2.55. The number of thioether (sulfide) groups is 1. The number of nitrogens with one attached hydrogen (secondary N) is 2. The van der Waals surface area contributed by atoms with Crippen LogP contribution in [0.4, 0.5) is 18.9 Å². The van der Waals surface area contributed by atoms with E-state index in [0.717, 1.165) is 23.9 Å². The molecule has 0 atom stereocenters. The number of aromatic nitrogens is 4. The largest absolute Gasteiger partial charge is 0.416 e. The van der Waals surface area contributed by atoms with Crippen molar-refractivity contribution in [2.24, 2.45) is 0 Å². The van der Waals surface area contributed by atoms with E-state index >= 15 is 0 Å². The molecule has 1 aromatic carbocycles. The van der Waals surface area contributed by atoms with Crippen molar-refractivity contribution in [3.05, 3.63) is 51.9 Å². The molecule has 0 aliphatic rings. The van der Waals surface area contributed by atoms with Gasteiger partial charge in [-0.2, -0.15) is 13.2 Å². The van der Waals surface area contributed by atoms with Crippen molar-refractivity contribution in [3.63, 3.8) is 0 Å². The summed E-state index contributed by atoms with van der Waals surface area (Å²) in [6.45, 7) is 3.81. The summed E-state index contributed by atoms with van der Waals surface area (Å²) < 4.78 is 39.9. The molecule has 0 fully saturated rings. The minimum Gasteiger partial charge on any atom is -0.325 e. The lowest BCUT2D eigenvalue weighted by molar-refractivity contribution is -0.137. The van der Waals surface area contributed by atoms with Gasteiger partial charge in [0.2, 0.25) is 11.7 Å². The number of anilines is 1. The standard InChI is InChI=1S/C17H16F3N5O2S/c1-9(2)12-7-13(26)22-15-23-24-16(25(12)15)28-8-14(27)21-11-5-3-4-10(6-11)17(18,19)20/h3-7,9H,8H2,1-2H3,(H,21,27)(H,22,23,26). The summed E-state index contributed by atoms with van der Waals surface area (Å²) in [7, 11) is 0. The summed E-state index contributed by atoms with van der Waals surface area (Å²) >= 11 is 1.06. The number of fused-ring (bicyclic) bond motifs is 1. The highest BCUT2D eigenvalue weighted by Crippen LogP contribution is 2.30. The molecule has 0 unspecified atom stereocenters. The van der Waals surface area contributed by atoms with Gasteiger partial charge in [-0.05, 0) is 24.1 Å². The number of aromatic amines is 1. The van der Waals surface area contributed by atoms with Crippen LogP contribution < -0.4 is 10.9 Å². The summed E-state index contributed by atoms with van der Waals surface area (Å²) in [6, 6.07) is 5.85. The Morgan fingerprint density at radius 2 is 2.04 bits per heavy atom. The summed E-state index contributed by atoms with van der Waals surface area (Å²) in [5.41, 5.74) is -0.405. The molecular weight excluding hydrogens is 395 g/mol. The third-order valence-corrected chi connectivity index (χ3v) is 4.73. The molecule has 0 radical (unpaired) electrons. The van der Waals surface area contributed by atoms with Gasteiger partial charge in [0.25, 0.3) is 5.56 Å². The predicted molar refractivity (Wildman–Crippen MR) is 98.5 cm³/mol. The van der Waals surface area contributed by atoms with Crippen LogP contribution in [0.15, 0.2) is 40.3 Å². The minimum absolute atomic E-state index is 0.0130. The Labute approximate surface area is 161 Å². The number of carbonyl (C=O) groups is 1. The number of nitrogens with zero attached hydrogens (tertiary/aromatic N) is 3. The number of amides is 1. The minimum atomic E-state index is -4.49. The van der Waals surface area contributed by atoms with Crippen LogP contribution in [0.3, 0.4) is 0 Å². The lowest BCUT2D eigenvalue weighted by atomic mass is 10.1. The summed E-state index contributed by atoms with van der Waals surface area (Å²) in [5, 5.41) is 10.7. The predicted octanol–water partition coefficient (Wildman–Crippen LogP) is 3.29. The van der Waals surface area contributed by atoms with E-state index in [9.17, 15) is 22.8 Å². The number of alkyl halides is 3. The number of rotatable bonds is 5. The first-order valence-electron chi connectivity index (χ1n) is 8.23. The molecule has 0 aliphatic heterocycles. The molecule has 1 amide bonds. The van der Waals surface area contributed by atoms with E-state index in [-0.39, 0.29) is 28.7 Å². The van der Waals surface area contributed by atoms with E-state index in [1.165, 1.54) is 18.2 Å². The first-order chi connectivity index (χ1) is 13.1. The normalized spacial score (nSPS) is 11.9. The Hall–Kier alpha value is -2.82. The van der Waals surface area contributed by atoms with Crippen LogP contribution in [0.5, 0.6) is 0 Å². The number of carbonyl (C=O) groups excluding carboxylic acids is 1. The molecule has 7 nitrogen and oxygen atoms in total. The van der Waals surface area contributed by atoms with Crippen molar-refractivity contribution in [1.82, 2.24) is 19.6 Å². The van der Waals surface area contributed by atoms with Gasteiger partial charge >= 0.3 is 6.18 Å². The Bertz CT molecular complexity index is 1070. The SMILES string of the molecule is CC(C)c1cc(=O)[nH]c2nnc(SCC(=O)Nc3cccc(C(F)(F)F)c3)n12. The van der Waals surface area contributed by atoms with Gasteiger partial charge in [0.05, 0.1) is 11.3 Å². The van der Waals surface area contributed by atoms with E-state index in [2.05, 4.69) is 20.5 Å². The first-order valence-corrected chi connectivity index (χ1v) is 9.22. The fourth-order valence-corrected chi connectivity index (χ4v) is 3.30. The molecule has 0 aliphatic carbocycles. The third kappa shape index (κ3) is 4.35. The number of hydrogen-bond acceptors (Lipinski definition) is 5. The van der Waals surface area contributed by atoms with Gasteiger partial charge < -0.3 is 5.32 Å². The van der Waals surface area contributed by atoms with E-state index in [1.54, 1.807) is 4.40 Å². The van der Waals surface area contributed by atoms with E-state index in [1.807, 2.05) is 13.8 Å². The van der Waals surface area contributed by atoms with Crippen LogP contribution in [-0.4, -0.2) is 31.2 Å². The molecule has 0 saturated heterocycles.